The maximum atomic E-state index is 13.0. The number of rotatable bonds is 5. The van der Waals surface area contributed by atoms with Gasteiger partial charge in [0.25, 0.3) is 12.4 Å². The summed E-state index contributed by atoms with van der Waals surface area (Å²) in [7, 11) is 0. The highest BCUT2D eigenvalue weighted by Crippen LogP contribution is 2.24. The van der Waals surface area contributed by atoms with Crippen LogP contribution in [0.15, 0.2) is 24.5 Å². The van der Waals surface area contributed by atoms with Crippen LogP contribution in [0.3, 0.4) is 0 Å². The molecule has 0 saturated carbocycles. The number of carboxylic acid groups (broad SMARTS) is 1. The third-order valence-corrected chi connectivity index (χ3v) is 5.09. The standard InChI is InChI=1S/C21H27N7O2.CH2O2/c1-5-30-17-9-19-23-15(4)11-28(19)12-16(17)21(29)24-18-8-13(2)20(26-25-18)27-7-6-22-14(3)10-27;2-1-3/h8-9,11-12,14,22H,5-7,10H2,1-4H3,(H,24,25,29);1H,(H,2,3). The minimum Gasteiger partial charge on any atom is -0.493 e. The van der Waals surface area contributed by atoms with E-state index in [1.54, 1.807) is 12.3 Å². The van der Waals surface area contributed by atoms with Gasteiger partial charge >= 0.3 is 0 Å². The van der Waals surface area contributed by atoms with Crippen molar-refractivity contribution in [1.29, 1.82) is 0 Å². The lowest BCUT2D eigenvalue weighted by atomic mass is 10.2. The number of carbonyl (C=O) groups is 2. The highest BCUT2D eigenvalue weighted by molar-refractivity contribution is 6.05. The molecule has 3 aromatic heterocycles. The molecular formula is C22H29N7O4. The fourth-order valence-electron chi connectivity index (χ4n) is 3.75. The van der Waals surface area contributed by atoms with E-state index in [1.165, 1.54) is 0 Å². The Morgan fingerprint density at radius 1 is 1.33 bits per heavy atom. The van der Waals surface area contributed by atoms with Gasteiger partial charge in [-0.2, -0.15) is 0 Å². The van der Waals surface area contributed by atoms with Crippen molar-refractivity contribution in [2.24, 2.45) is 0 Å². The molecule has 11 nitrogen and oxygen atoms in total. The van der Waals surface area contributed by atoms with Crippen LogP contribution < -0.4 is 20.3 Å². The Balaban J connectivity index is 0.000000968. The first kappa shape index (κ1) is 23.9. The van der Waals surface area contributed by atoms with Gasteiger partial charge < -0.3 is 29.8 Å². The van der Waals surface area contributed by atoms with Gasteiger partial charge in [-0.3, -0.25) is 9.59 Å². The summed E-state index contributed by atoms with van der Waals surface area (Å²) in [6.45, 7) is 10.8. The number of nitrogens with one attached hydrogen (secondary N) is 2. The SMILES string of the molecule is CCOc1cc2nc(C)cn2cc1C(=O)Nc1cc(C)c(N2CCNC(C)C2)nn1.O=CO. The lowest BCUT2D eigenvalue weighted by Crippen LogP contribution is -2.49. The highest BCUT2D eigenvalue weighted by Gasteiger charge is 2.20. The van der Waals surface area contributed by atoms with E-state index < -0.39 is 0 Å². The van der Waals surface area contributed by atoms with Gasteiger partial charge in [-0.15, -0.1) is 10.2 Å². The second kappa shape index (κ2) is 10.7. The number of hydrogen-bond acceptors (Lipinski definition) is 8. The van der Waals surface area contributed by atoms with E-state index in [4.69, 9.17) is 14.6 Å². The number of anilines is 2. The van der Waals surface area contributed by atoms with Crippen molar-refractivity contribution in [2.75, 3.05) is 36.5 Å². The van der Waals surface area contributed by atoms with Crippen molar-refractivity contribution >= 4 is 29.7 Å². The van der Waals surface area contributed by atoms with Gasteiger partial charge in [0.15, 0.2) is 11.6 Å². The second-order valence-electron chi connectivity index (χ2n) is 7.73. The monoisotopic (exact) mass is 455 g/mol. The first-order valence-corrected chi connectivity index (χ1v) is 10.7. The van der Waals surface area contributed by atoms with Crippen molar-refractivity contribution in [2.45, 2.75) is 33.7 Å². The Labute approximate surface area is 191 Å². The number of carbonyl (C=O) groups excluding carboxylic acids is 1. The Kier molecular flexibility index (Phi) is 7.78. The maximum Gasteiger partial charge on any atom is 0.290 e. The summed E-state index contributed by atoms with van der Waals surface area (Å²) in [6, 6.07) is 4.03. The molecule has 176 valence electrons. The summed E-state index contributed by atoms with van der Waals surface area (Å²) in [5.41, 5.74) is 2.99. The molecule has 0 aliphatic carbocycles. The fourth-order valence-corrected chi connectivity index (χ4v) is 3.75. The molecule has 1 atom stereocenters. The lowest BCUT2D eigenvalue weighted by Gasteiger charge is -2.33. The topological polar surface area (TPSA) is 134 Å². The summed E-state index contributed by atoms with van der Waals surface area (Å²) in [5.74, 6) is 1.45. The molecule has 1 unspecified atom stereocenters. The Hall–Kier alpha value is -3.73. The van der Waals surface area contributed by atoms with Crippen LogP contribution in [0.5, 0.6) is 5.75 Å². The number of amides is 1. The highest BCUT2D eigenvalue weighted by atomic mass is 16.5. The van der Waals surface area contributed by atoms with Crippen molar-refractivity contribution in [3.05, 3.63) is 41.3 Å². The zero-order valence-corrected chi connectivity index (χ0v) is 19.2. The van der Waals surface area contributed by atoms with Gasteiger partial charge in [-0.1, -0.05) is 0 Å². The Morgan fingerprint density at radius 2 is 2.09 bits per heavy atom. The van der Waals surface area contributed by atoms with E-state index in [9.17, 15) is 4.79 Å². The molecule has 0 aromatic carbocycles. The molecule has 4 heterocycles. The van der Waals surface area contributed by atoms with Gasteiger partial charge in [0.1, 0.15) is 11.4 Å². The van der Waals surface area contributed by atoms with Crippen molar-refractivity contribution < 1.29 is 19.4 Å². The van der Waals surface area contributed by atoms with Crippen molar-refractivity contribution in [1.82, 2.24) is 24.9 Å². The van der Waals surface area contributed by atoms with Crippen LogP contribution >= 0.6 is 0 Å². The minimum absolute atomic E-state index is 0.250. The van der Waals surface area contributed by atoms with E-state index in [2.05, 4.69) is 37.6 Å². The van der Waals surface area contributed by atoms with Crippen LogP contribution in [0.2, 0.25) is 0 Å². The van der Waals surface area contributed by atoms with Crippen molar-refractivity contribution in [3.8, 4) is 5.75 Å². The van der Waals surface area contributed by atoms with E-state index in [0.29, 0.717) is 29.8 Å². The minimum atomic E-state index is -0.302. The molecule has 11 heteroatoms. The number of imidazole rings is 1. The van der Waals surface area contributed by atoms with Crippen molar-refractivity contribution in [3.63, 3.8) is 0 Å². The summed E-state index contributed by atoms with van der Waals surface area (Å²) >= 11 is 0. The predicted molar refractivity (Wildman–Crippen MR) is 124 cm³/mol. The number of ether oxygens (including phenoxy) is 1. The van der Waals surface area contributed by atoms with Gasteiger partial charge in [0.2, 0.25) is 0 Å². The largest absolute Gasteiger partial charge is 0.493 e. The number of piperazine rings is 1. The normalized spacial score (nSPS) is 15.5. The molecule has 0 bridgehead atoms. The number of pyridine rings is 1. The molecule has 3 aromatic rings. The molecule has 4 rings (SSSR count). The molecule has 3 N–H and O–H groups in total. The molecule has 33 heavy (non-hydrogen) atoms. The van der Waals surface area contributed by atoms with Gasteiger partial charge in [-0.05, 0) is 39.3 Å². The van der Waals surface area contributed by atoms with Crippen LogP contribution in [0, 0.1) is 13.8 Å². The Bertz CT molecular complexity index is 1130. The molecule has 1 fully saturated rings. The first-order valence-electron chi connectivity index (χ1n) is 10.7. The third-order valence-electron chi connectivity index (χ3n) is 5.09. The van der Waals surface area contributed by atoms with Crippen LogP contribution in [-0.2, 0) is 4.79 Å². The maximum absolute atomic E-state index is 13.0. The number of hydrogen-bond donors (Lipinski definition) is 3. The molecule has 0 radical (unpaired) electrons. The fraction of sp³-hybridized carbons (Fsp3) is 0.409. The number of aryl methyl sites for hydroxylation is 2. The molecule has 1 saturated heterocycles. The summed E-state index contributed by atoms with van der Waals surface area (Å²) in [4.78, 5) is 28.0. The summed E-state index contributed by atoms with van der Waals surface area (Å²) in [5, 5.41) is 21.8. The second-order valence-corrected chi connectivity index (χ2v) is 7.73. The zero-order valence-electron chi connectivity index (χ0n) is 19.2. The quantitative estimate of drug-likeness (QED) is 0.493. The van der Waals surface area contributed by atoms with E-state index in [1.807, 2.05) is 37.4 Å². The van der Waals surface area contributed by atoms with Gasteiger partial charge in [0.05, 0.1) is 17.9 Å². The average Bonchev–Trinajstić information content (AvgIpc) is 3.13. The Morgan fingerprint density at radius 3 is 2.76 bits per heavy atom. The first-order chi connectivity index (χ1) is 15.9. The number of fused-ring (bicyclic) bond motifs is 1. The van der Waals surface area contributed by atoms with Crippen LogP contribution in [0.4, 0.5) is 11.6 Å². The smallest absolute Gasteiger partial charge is 0.290 e. The molecule has 1 aliphatic heterocycles. The van der Waals surface area contributed by atoms with E-state index >= 15 is 0 Å². The number of nitrogens with zero attached hydrogens (tertiary/aromatic N) is 5. The molecular weight excluding hydrogens is 426 g/mol. The van der Waals surface area contributed by atoms with Gasteiger partial charge in [-0.25, -0.2) is 4.98 Å². The zero-order chi connectivity index (χ0) is 24.0. The number of aromatic nitrogens is 4. The summed E-state index contributed by atoms with van der Waals surface area (Å²) in [6.07, 6.45) is 3.60. The van der Waals surface area contributed by atoms with Gasteiger partial charge in [0, 0.05) is 44.1 Å². The molecule has 1 amide bonds. The van der Waals surface area contributed by atoms with E-state index in [0.717, 1.165) is 42.4 Å². The third kappa shape index (κ3) is 5.75. The summed E-state index contributed by atoms with van der Waals surface area (Å²) < 4.78 is 7.50. The lowest BCUT2D eigenvalue weighted by molar-refractivity contribution is -0.122. The average molecular weight is 456 g/mol. The molecule has 0 spiro atoms. The predicted octanol–water partition coefficient (Wildman–Crippen LogP) is 1.89. The van der Waals surface area contributed by atoms with Crippen LogP contribution in [0.1, 0.15) is 35.5 Å². The van der Waals surface area contributed by atoms with E-state index in [-0.39, 0.29) is 12.4 Å². The van der Waals surface area contributed by atoms with Crippen LogP contribution in [-0.4, -0.2) is 69.4 Å². The molecule has 1 aliphatic rings. The van der Waals surface area contributed by atoms with Crippen LogP contribution in [0.25, 0.3) is 5.65 Å².